The molecule has 2 heterocycles. The van der Waals surface area contributed by atoms with Crippen LogP contribution in [0.25, 0.3) is 0 Å². The smallest absolute Gasteiger partial charge is 0.352 e. The van der Waals surface area contributed by atoms with Crippen molar-refractivity contribution >= 4 is 11.7 Å². The third-order valence-electron chi connectivity index (χ3n) is 3.45. The topological polar surface area (TPSA) is 98.3 Å². The Balaban J connectivity index is 2.49. The molecule has 21 heavy (non-hydrogen) atoms. The standard InChI is InChI=1S/C14H15N3O4/c1-8-4-5-16(13(8)14(18)19)7-11-10(3)12(17(20)21)9(2)6-15-11/h4-6H,7H2,1-3H3,(H,18,19). The number of hydrogen-bond donors (Lipinski definition) is 1. The molecule has 0 fully saturated rings. The van der Waals surface area contributed by atoms with Crippen molar-refractivity contribution in [1.29, 1.82) is 0 Å². The summed E-state index contributed by atoms with van der Waals surface area (Å²) in [7, 11) is 0. The minimum atomic E-state index is -1.03. The lowest BCUT2D eigenvalue weighted by molar-refractivity contribution is -0.386. The van der Waals surface area contributed by atoms with Crippen molar-refractivity contribution in [3.05, 3.63) is 56.7 Å². The average molecular weight is 289 g/mol. The van der Waals surface area contributed by atoms with Gasteiger partial charge in [-0.1, -0.05) is 0 Å². The average Bonchev–Trinajstić information content (AvgIpc) is 2.73. The van der Waals surface area contributed by atoms with E-state index >= 15 is 0 Å². The number of pyridine rings is 1. The number of carboxylic acid groups (broad SMARTS) is 1. The molecule has 0 bridgehead atoms. The number of carbonyl (C=O) groups is 1. The Bertz CT molecular complexity index is 734. The molecule has 2 aromatic heterocycles. The summed E-state index contributed by atoms with van der Waals surface area (Å²) >= 11 is 0. The molecule has 0 radical (unpaired) electrons. The van der Waals surface area contributed by atoms with Crippen LogP contribution in [0.15, 0.2) is 18.5 Å². The van der Waals surface area contributed by atoms with E-state index in [1.54, 1.807) is 33.0 Å². The summed E-state index contributed by atoms with van der Waals surface area (Å²) in [4.78, 5) is 26.1. The monoisotopic (exact) mass is 289 g/mol. The zero-order valence-electron chi connectivity index (χ0n) is 12.0. The van der Waals surface area contributed by atoms with Crippen LogP contribution in [0.1, 0.15) is 32.9 Å². The molecule has 0 saturated carbocycles. The number of hydrogen-bond acceptors (Lipinski definition) is 4. The third kappa shape index (κ3) is 2.62. The van der Waals surface area contributed by atoms with Gasteiger partial charge in [-0.05, 0) is 32.4 Å². The molecule has 110 valence electrons. The molecule has 0 aliphatic rings. The maximum absolute atomic E-state index is 11.3. The van der Waals surface area contributed by atoms with Crippen molar-refractivity contribution in [2.45, 2.75) is 27.3 Å². The molecule has 0 unspecified atom stereocenters. The Kier molecular flexibility index (Phi) is 3.75. The van der Waals surface area contributed by atoms with Crippen molar-refractivity contribution in [3.63, 3.8) is 0 Å². The SMILES string of the molecule is Cc1cnc(Cn2ccc(C)c2C(=O)O)c(C)c1[N+](=O)[O-]. The fourth-order valence-corrected chi connectivity index (χ4v) is 2.37. The van der Waals surface area contributed by atoms with Gasteiger partial charge in [0.15, 0.2) is 0 Å². The van der Waals surface area contributed by atoms with Crippen molar-refractivity contribution in [1.82, 2.24) is 9.55 Å². The summed E-state index contributed by atoms with van der Waals surface area (Å²) in [6.07, 6.45) is 3.09. The molecule has 7 nitrogen and oxygen atoms in total. The van der Waals surface area contributed by atoms with Gasteiger partial charge < -0.3 is 9.67 Å². The van der Waals surface area contributed by atoms with Crippen LogP contribution in [0.2, 0.25) is 0 Å². The first-order chi connectivity index (χ1) is 9.82. The Morgan fingerprint density at radius 3 is 2.62 bits per heavy atom. The van der Waals surface area contributed by atoms with Gasteiger partial charge in [0, 0.05) is 18.0 Å². The molecular formula is C14H15N3O4. The molecule has 0 amide bonds. The normalized spacial score (nSPS) is 10.6. The highest BCUT2D eigenvalue weighted by molar-refractivity contribution is 5.87. The predicted octanol–water partition coefficient (Wildman–Crippen LogP) is 2.46. The zero-order chi connectivity index (χ0) is 15.7. The maximum atomic E-state index is 11.3. The number of aryl methyl sites for hydroxylation is 2. The van der Waals surface area contributed by atoms with E-state index in [4.69, 9.17) is 0 Å². The lowest BCUT2D eigenvalue weighted by Gasteiger charge is -2.10. The Morgan fingerprint density at radius 1 is 1.38 bits per heavy atom. The van der Waals surface area contributed by atoms with E-state index in [0.717, 1.165) is 0 Å². The highest BCUT2D eigenvalue weighted by Gasteiger charge is 2.20. The molecule has 2 aromatic rings. The molecule has 0 aliphatic heterocycles. The van der Waals surface area contributed by atoms with Gasteiger partial charge in [0.05, 0.1) is 22.7 Å². The maximum Gasteiger partial charge on any atom is 0.352 e. The number of aromatic nitrogens is 2. The van der Waals surface area contributed by atoms with Crippen LogP contribution in [0, 0.1) is 30.9 Å². The minimum Gasteiger partial charge on any atom is -0.477 e. The van der Waals surface area contributed by atoms with E-state index in [9.17, 15) is 20.0 Å². The lowest BCUT2D eigenvalue weighted by atomic mass is 10.1. The largest absolute Gasteiger partial charge is 0.477 e. The Morgan fingerprint density at radius 2 is 2.05 bits per heavy atom. The summed E-state index contributed by atoms with van der Waals surface area (Å²) in [6.45, 7) is 5.15. The Labute approximate surface area is 121 Å². The summed E-state index contributed by atoms with van der Waals surface area (Å²) < 4.78 is 1.53. The van der Waals surface area contributed by atoms with Crippen molar-refractivity contribution in [2.75, 3.05) is 0 Å². The van der Waals surface area contributed by atoms with Crippen LogP contribution in [0.4, 0.5) is 5.69 Å². The number of aromatic carboxylic acids is 1. The minimum absolute atomic E-state index is 0.0285. The molecular weight excluding hydrogens is 274 g/mol. The van der Waals surface area contributed by atoms with Crippen LogP contribution in [-0.4, -0.2) is 25.6 Å². The predicted molar refractivity (Wildman–Crippen MR) is 75.6 cm³/mol. The molecule has 0 saturated heterocycles. The van der Waals surface area contributed by atoms with Gasteiger partial charge >= 0.3 is 5.97 Å². The van der Waals surface area contributed by atoms with Crippen LogP contribution in [-0.2, 0) is 6.54 Å². The summed E-state index contributed by atoms with van der Waals surface area (Å²) in [5.74, 6) is -1.03. The van der Waals surface area contributed by atoms with Gasteiger partial charge in [0.2, 0.25) is 0 Å². The van der Waals surface area contributed by atoms with Crippen LogP contribution in [0.3, 0.4) is 0 Å². The van der Waals surface area contributed by atoms with E-state index in [1.165, 1.54) is 10.8 Å². The summed E-state index contributed by atoms with van der Waals surface area (Å²) in [6, 6.07) is 1.70. The van der Waals surface area contributed by atoms with Gasteiger partial charge in [-0.15, -0.1) is 0 Å². The Hall–Kier alpha value is -2.70. The van der Waals surface area contributed by atoms with E-state index in [2.05, 4.69) is 4.98 Å². The fraction of sp³-hybridized carbons (Fsp3) is 0.286. The molecule has 0 spiro atoms. The number of nitro groups is 1. The second-order valence-electron chi connectivity index (χ2n) is 4.90. The summed E-state index contributed by atoms with van der Waals surface area (Å²) in [5, 5.41) is 20.3. The van der Waals surface area contributed by atoms with Crippen LogP contribution < -0.4 is 0 Å². The number of rotatable bonds is 4. The van der Waals surface area contributed by atoms with Gasteiger partial charge in [0.25, 0.3) is 5.69 Å². The number of carboxylic acids is 1. The van der Waals surface area contributed by atoms with Crippen molar-refractivity contribution in [2.24, 2.45) is 0 Å². The molecule has 0 aromatic carbocycles. The van der Waals surface area contributed by atoms with Gasteiger partial charge in [-0.2, -0.15) is 0 Å². The molecule has 0 aliphatic carbocycles. The molecule has 0 atom stereocenters. The first-order valence-corrected chi connectivity index (χ1v) is 6.31. The summed E-state index contributed by atoms with van der Waals surface area (Å²) in [5.41, 5.74) is 2.28. The number of nitrogens with zero attached hydrogens (tertiary/aromatic N) is 3. The zero-order valence-corrected chi connectivity index (χ0v) is 12.0. The molecule has 2 rings (SSSR count). The van der Waals surface area contributed by atoms with Crippen LogP contribution >= 0.6 is 0 Å². The molecule has 7 heteroatoms. The van der Waals surface area contributed by atoms with Gasteiger partial charge in [-0.25, -0.2) is 4.79 Å². The first-order valence-electron chi connectivity index (χ1n) is 6.31. The highest BCUT2D eigenvalue weighted by atomic mass is 16.6. The van der Waals surface area contributed by atoms with E-state index in [0.29, 0.717) is 22.4 Å². The second-order valence-corrected chi connectivity index (χ2v) is 4.90. The van der Waals surface area contributed by atoms with E-state index in [-0.39, 0.29) is 17.9 Å². The van der Waals surface area contributed by atoms with Gasteiger partial charge in [0.1, 0.15) is 5.69 Å². The third-order valence-corrected chi connectivity index (χ3v) is 3.45. The van der Waals surface area contributed by atoms with Crippen molar-refractivity contribution < 1.29 is 14.8 Å². The van der Waals surface area contributed by atoms with E-state index < -0.39 is 10.9 Å². The van der Waals surface area contributed by atoms with Crippen LogP contribution in [0.5, 0.6) is 0 Å². The lowest BCUT2D eigenvalue weighted by Crippen LogP contribution is -2.12. The quantitative estimate of drug-likeness (QED) is 0.688. The van der Waals surface area contributed by atoms with E-state index in [1.807, 2.05) is 0 Å². The second kappa shape index (κ2) is 5.35. The fourth-order valence-electron chi connectivity index (χ4n) is 2.37. The molecule has 1 N–H and O–H groups in total. The highest BCUT2D eigenvalue weighted by Crippen LogP contribution is 2.25. The van der Waals surface area contributed by atoms with Crippen molar-refractivity contribution in [3.8, 4) is 0 Å². The van der Waals surface area contributed by atoms with Gasteiger partial charge in [-0.3, -0.25) is 15.1 Å². The first kappa shape index (κ1) is 14.7.